The average Bonchev–Trinajstić information content (AvgIpc) is 3.11. The molecule has 1 amide bonds. The fraction of sp³-hybridized carbons (Fsp3) is 0.333. The highest BCUT2D eigenvalue weighted by molar-refractivity contribution is 5.93. The number of rotatable bonds is 6. The predicted octanol–water partition coefficient (Wildman–Crippen LogP) is 5.14. The molecule has 5 heteroatoms. The maximum absolute atomic E-state index is 13.1. The van der Waals surface area contributed by atoms with E-state index in [-0.39, 0.29) is 24.5 Å². The maximum Gasteiger partial charge on any atom is 0.339 e. The summed E-state index contributed by atoms with van der Waals surface area (Å²) >= 11 is 0. The first-order valence-corrected chi connectivity index (χ1v) is 11.3. The van der Waals surface area contributed by atoms with Crippen LogP contribution in [0.2, 0.25) is 0 Å². The van der Waals surface area contributed by atoms with Gasteiger partial charge in [-0.05, 0) is 62.8 Å². The third kappa shape index (κ3) is 4.47. The minimum Gasteiger partial charge on any atom is -0.462 e. The quantitative estimate of drug-likeness (QED) is 0.551. The molecule has 0 fully saturated rings. The van der Waals surface area contributed by atoms with Crippen molar-refractivity contribution >= 4 is 11.9 Å². The van der Waals surface area contributed by atoms with E-state index in [2.05, 4.69) is 23.5 Å². The minimum absolute atomic E-state index is 0.0238. The molecule has 0 bridgehead atoms. The van der Waals surface area contributed by atoms with Crippen LogP contribution in [0.3, 0.4) is 0 Å². The summed E-state index contributed by atoms with van der Waals surface area (Å²) in [6.45, 7) is 6.15. The monoisotopic (exact) mass is 430 g/mol. The number of ether oxygens (including phenoxy) is 1. The molecule has 32 heavy (non-hydrogen) atoms. The molecule has 1 atom stereocenters. The van der Waals surface area contributed by atoms with Crippen LogP contribution in [0, 0.1) is 13.8 Å². The molecule has 1 aromatic heterocycles. The second-order valence-corrected chi connectivity index (χ2v) is 8.41. The van der Waals surface area contributed by atoms with E-state index in [1.54, 1.807) is 6.92 Å². The van der Waals surface area contributed by atoms with Crippen LogP contribution in [-0.4, -0.2) is 23.1 Å². The molecule has 0 saturated heterocycles. The second-order valence-electron chi connectivity index (χ2n) is 8.41. The summed E-state index contributed by atoms with van der Waals surface area (Å²) in [7, 11) is 0. The van der Waals surface area contributed by atoms with Gasteiger partial charge in [0.05, 0.1) is 18.2 Å². The molecule has 1 N–H and O–H groups in total. The van der Waals surface area contributed by atoms with E-state index >= 15 is 0 Å². The molecular weight excluding hydrogens is 400 g/mol. The third-order valence-electron chi connectivity index (χ3n) is 6.22. The van der Waals surface area contributed by atoms with E-state index in [0.717, 1.165) is 41.8 Å². The maximum atomic E-state index is 13.1. The summed E-state index contributed by atoms with van der Waals surface area (Å²) in [5, 5.41) is 3.23. The number of aryl methyl sites for hydroxylation is 2. The van der Waals surface area contributed by atoms with E-state index in [1.165, 1.54) is 11.1 Å². The van der Waals surface area contributed by atoms with Crippen molar-refractivity contribution in [2.45, 2.75) is 52.6 Å². The number of fused-ring (bicyclic) bond motifs is 1. The van der Waals surface area contributed by atoms with Crippen LogP contribution < -0.4 is 5.32 Å². The molecule has 1 aliphatic rings. The summed E-state index contributed by atoms with van der Waals surface area (Å²) in [6, 6.07) is 18.3. The first kappa shape index (κ1) is 21.9. The Hall–Kier alpha value is -3.34. The molecule has 0 saturated carbocycles. The van der Waals surface area contributed by atoms with Crippen molar-refractivity contribution in [1.29, 1.82) is 0 Å². The van der Waals surface area contributed by atoms with E-state index in [4.69, 9.17) is 4.74 Å². The van der Waals surface area contributed by atoms with Crippen LogP contribution in [-0.2, 0) is 22.5 Å². The van der Waals surface area contributed by atoms with E-state index in [0.29, 0.717) is 12.2 Å². The van der Waals surface area contributed by atoms with Crippen LogP contribution in [0.15, 0.2) is 54.6 Å². The van der Waals surface area contributed by atoms with Crippen LogP contribution in [0.25, 0.3) is 11.3 Å². The number of hydrogen-bond acceptors (Lipinski definition) is 3. The van der Waals surface area contributed by atoms with Gasteiger partial charge in [0.25, 0.3) is 0 Å². The zero-order chi connectivity index (χ0) is 22.7. The first-order chi connectivity index (χ1) is 15.5. The first-order valence-electron chi connectivity index (χ1n) is 11.3. The van der Waals surface area contributed by atoms with Gasteiger partial charge in [-0.25, -0.2) is 4.79 Å². The highest BCUT2D eigenvalue weighted by atomic mass is 16.5. The van der Waals surface area contributed by atoms with Crippen molar-refractivity contribution in [3.63, 3.8) is 0 Å². The zero-order valence-corrected chi connectivity index (χ0v) is 19.0. The SMILES string of the molecule is CCOC(=O)c1cc(-c2ccc(C)cc2)n(CC(=O)N[C@@H]2CCCc3ccccc32)c1C. The van der Waals surface area contributed by atoms with Crippen LogP contribution in [0.4, 0.5) is 0 Å². The average molecular weight is 431 g/mol. The van der Waals surface area contributed by atoms with Crippen LogP contribution >= 0.6 is 0 Å². The fourth-order valence-corrected chi connectivity index (χ4v) is 4.52. The fourth-order valence-electron chi connectivity index (χ4n) is 4.52. The van der Waals surface area contributed by atoms with Crippen molar-refractivity contribution in [2.24, 2.45) is 0 Å². The molecule has 1 aliphatic carbocycles. The lowest BCUT2D eigenvalue weighted by Crippen LogP contribution is -2.33. The molecule has 0 aliphatic heterocycles. The smallest absolute Gasteiger partial charge is 0.339 e. The van der Waals surface area contributed by atoms with Crippen LogP contribution in [0.5, 0.6) is 0 Å². The van der Waals surface area contributed by atoms with Gasteiger partial charge < -0.3 is 14.6 Å². The number of benzene rings is 2. The molecule has 2 aromatic carbocycles. The number of carbonyl (C=O) groups excluding carboxylic acids is 2. The van der Waals surface area contributed by atoms with E-state index in [1.807, 2.05) is 54.8 Å². The summed E-state index contributed by atoms with van der Waals surface area (Å²) in [4.78, 5) is 25.7. The van der Waals surface area contributed by atoms with Gasteiger partial charge in [0.2, 0.25) is 5.91 Å². The predicted molar refractivity (Wildman–Crippen MR) is 126 cm³/mol. The van der Waals surface area contributed by atoms with E-state index < -0.39 is 0 Å². The van der Waals surface area contributed by atoms with Gasteiger partial charge in [-0.15, -0.1) is 0 Å². The molecule has 5 nitrogen and oxygen atoms in total. The third-order valence-corrected chi connectivity index (χ3v) is 6.22. The lowest BCUT2D eigenvalue weighted by atomic mass is 9.88. The Bertz CT molecular complexity index is 1130. The van der Waals surface area contributed by atoms with Gasteiger partial charge in [0.1, 0.15) is 6.54 Å². The molecule has 0 spiro atoms. The number of aromatic nitrogens is 1. The van der Waals surface area contributed by atoms with Crippen LogP contribution in [0.1, 0.15) is 58.5 Å². The van der Waals surface area contributed by atoms with Gasteiger partial charge in [0.15, 0.2) is 0 Å². The molecule has 0 unspecified atom stereocenters. The Kier molecular flexibility index (Phi) is 6.45. The zero-order valence-electron chi connectivity index (χ0n) is 19.0. The normalized spacial score (nSPS) is 15.2. The molecule has 4 rings (SSSR count). The minimum atomic E-state index is -0.362. The van der Waals surface area contributed by atoms with Gasteiger partial charge in [-0.2, -0.15) is 0 Å². The lowest BCUT2D eigenvalue weighted by molar-refractivity contribution is -0.122. The topological polar surface area (TPSA) is 60.3 Å². The Balaban J connectivity index is 1.63. The lowest BCUT2D eigenvalue weighted by Gasteiger charge is -2.26. The summed E-state index contributed by atoms with van der Waals surface area (Å²) in [6.07, 6.45) is 3.05. The second kappa shape index (κ2) is 9.43. The number of esters is 1. The highest BCUT2D eigenvalue weighted by Crippen LogP contribution is 2.30. The Morgan fingerprint density at radius 1 is 1.09 bits per heavy atom. The summed E-state index contributed by atoms with van der Waals surface area (Å²) in [5.74, 6) is -0.423. The standard InChI is InChI=1S/C27H30N2O3/c1-4-32-27(31)23-16-25(21-14-12-18(2)13-15-21)29(19(23)3)17-26(30)28-24-11-7-9-20-8-5-6-10-22(20)24/h5-6,8,10,12-16,24H,4,7,9,11,17H2,1-3H3,(H,28,30)/t24-/m1/s1. The van der Waals surface area contributed by atoms with Gasteiger partial charge in [-0.3, -0.25) is 4.79 Å². The molecule has 3 aromatic rings. The molecule has 1 heterocycles. The number of nitrogens with one attached hydrogen (secondary N) is 1. The Morgan fingerprint density at radius 3 is 2.59 bits per heavy atom. The summed E-state index contributed by atoms with van der Waals surface area (Å²) in [5.41, 5.74) is 6.71. The molecule has 166 valence electrons. The number of carbonyl (C=O) groups is 2. The van der Waals surface area contributed by atoms with Crippen molar-refractivity contribution < 1.29 is 14.3 Å². The van der Waals surface area contributed by atoms with Gasteiger partial charge in [-0.1, -0.05) is 54.1 Å². The van der Waals surface area contributed by atoms with Crippen molar-refractivity contribution in [3.05, 3.63) is 82.5 Å². The molecule has 0 radical (unpaired) electrons. The number of amides is 1. The largest absolute Gasteiger partial charge is 0.462 e. The number of hydrogen-bond donors (Lipinski definition) is 1. The number of nitrogens with zero attached hydrogens (tertiary/aromatic N) is 1. The van der Waals surface area contributed by atoms with Crippen molar-refractivity contribution in [2.75, 3.05) is 6.61 Å². The van der Waals surface area contributed by atoms with Crippen molar-refractivity contribution in [3.8, 4) is 11.3 Å². The van der Waals surface area contributed by atoms with Gasteiger partial charge in [0, 0.05) is 11.4 Å². The van der Waals surface area contributed by atoms with Crippen molar-refractivity contribution in [1.82, 2.24) is 9.88 Å². The van der Waals surface area contributed by atoms with E-state index in [9.17, 15) is 9.59 Å². The summed E-state index contributed by atoms with van der Waals surface area (Å²) < 4.78 is 7.16. The van der Waals surface area contributed by atoms with Gasteiger partial charge >= 0.3 is 5.97 Å². The highest BCUT2D eigenvalue weighted by Gasteiger charge is 2.24. The Labute approximate surface area is 189 Å². The molecular formula is C27H30N2O3. The Morgan fingerprint density at radius 2 is 1.84 bits per heavy atom.